The molecular weight excluding hydrogens is 206 g/mol. The molecule has 0 spiro atoms. The van der Waals surface area contributed by atoms with E-state index >= 15 is 0 Å². The third-order valence-corrected chi connectivity index (χ3v) is 4.80. The van der Waals surface area contributed by atoms with Crippen LogP contribution in [0, 0.1) is 5.41 Å². The van der Waals surface area contributed by atoms with Crippen LogP contribution in [0.25, 0.3) is 0 Å². The molecule has 0 amide bonds. The third-order valence-electron chi connectivity index (χ3n) is 3.63. The molecule has 1 aliphatic carbocycles. The molecule has 0 bridgehead atoms. The smallest absolute Gasteiger partial charge is 0.0471 e. The number of nitrogens with one attached hydrogen (secondary N) is 1. The normalized spacial score (nSPS) is 28.2. The van der Waals surface area contributed by atoms with Crippen molar-refractivity contribution in [3.05, 3.63) is 0 Å². The second kappa shape index (κ2) is 5.55. The maximum Gasteiger partial charge on any atom is 0.0471 e. The lowest BCUT2D eigenvalue weighted by molar-refractivity contribution is 0.127. The molecule has 1 saturated heterocycles. The fourth-order valence-corrected chi connectivity index (χ4v) is 3.37. The quantitative estimate of drug-likeness (QED) is 0.677. The molecular formula is C12H23NOS. The highest BCUT2D eigenvalue weighted by Gasteiger charge is 2.42. The van der Waals surface area contributed by atoms with Crippen LogP contribution >= 0.6 is 11.8 Å². The van der Waals surface area contributed by atoms with Crippen molar-refractivity contribution >= 4 is 11.8 Å². The molecule has 0 aromatic heterocycles. The van der Waals surface area contributed by atoms with Crippen molar-refractivity contribution in [2.45, 2.75) is 38.6 Å². The van der Waals surface area contributed by atoms with Crippen molar-refractivity contribution in [2.75, 3.05) is 31.3 Å². The summed E-state index contributed by atoms with van der Waals surface area (Å²) in [6, 6.07) is 0.791. The van der Waals surface area contributed by atoms with E-state index in [1.807, 2.05) is 0 Å². The monoisotopic (exact) mass is 229 g/mol. The van der Waals surface area contributed by atoms with E-state index in [0.717, 1.165) is 19.3 Å². The third kappa shape index (κ3) is 3.65. The van der Waals surface area contributed by atoms with E-state index in [1.54, 1.807) is 0 Å². The van der Waals surface area contributed by atoms with Crippen LogP contribution in [0.4, 0.5) is 0 Å². The van der Waals surface area contributed by atoms with Crippen LogP contribution in [0.5, 0.6) is 0 Å². The summed E-state index contributed by atoms with van der Waals surface area (Å²) < 4.78 is 5.45. The van der Waals surface area contributed by atoms with Crippen LogP contribution in [0.3, 0.4) is 0 Å². The lowest BCUT2D eigenvalue weighted by Gasteiger charge is -2.19. The van der Waals surface area contributed by atoms with E-state index in [2.05, 4.69) is 24.0 Å². The minimum atomic E-state index is 0.614. The molecule has 1 N–H and O–H groups in total. The molecule has 2 aliphatic rings. The van der Waals surface area contributed by atoms with E-state index in [4.69, 9.17) is 4.74 Å². The van der Waals surface area contributed by atoms with Gasteiger partial charge in [-0.1, -0.05) is 0 Å². The summed E-state index contributed by atoms with van der Waals surface area (Å²) in [5.74, 6) is 2.67. The summed E-state index contributed by atoms with van der Waals surface area (Å²) in [4.78, 5) is 0. The van der Waals surface area contributed by atoms with E-state index in [0.29, 0.717) is 5.41 Å². The van der Waals surface area contributed by atoms with Crippen LogP contribution in [-0.2, 0) is 4.74 Å². The van der Waals surface area contributed by atoms with Crippen molar-refractivity contribution in [3.63, 3.8) is 0 Å². The Morgan fingerprint density at radius 1 is 1.47 bits per heavy atom. The SMILES string of the molecule is CCOCCC1(CNC2CCSC2)CC1. The Morgan fingerprint density at radius 2 is 2.33 bits per heavy atom. The summed E-state index contributed by atoms with van der Waals surface area (Å²) in [5.41, 5.74) is 0.614. The second-order valence-corrected chi connectivity index (χ2v) is 6.04. The molecule has 0 aromatic rings. The Morgan fingerprint density at radius 3 is 2.93 bits per heavy atom. The largest absolute Gasteiger partial charge is 0.382 e. The fourth-order valence-electron chi connectivity index (χ4n) is 2.18. The summed E-state index contributed by atoms with van der Waals surface area (Å²) in [5, 5.41) is 3.73. The summed E-state index contributed by atoms with van der Waals surface area (Å²) in [6.07, 6.45) is 5.44. The van der Waals surface area contributed by atoms with Gasteiger partial charge in [-0.15, -0.1) is 0 Å². The zero-order chi connectivity index (χ0) is 10.6. The van der Waals surface area contributed by atoms with Gasteiger partial charge in [-0.05, 0) is 43.8 Å². The molecule has 88 valence electrons. The number of hydrogen-bond donors (Lipinski definition) is 1. The molecule has 1 saturated carbocycles. The molecule has 3 heteroatoms. The Bertz CT molecular complexity index is 188. The zero-order valence-corrected chi connectivity index (χ0v) is 10.6. The zero-order valence-electron chi connectivity index (χ0n) is 9.76. The van der Waals surface area contributed by atoms with Crippen LogP contribution in [0.2, 0.25) is 0 Å². The number of hydrogen-bond acceptors (Lipinski definition) is 3. The maximum absolute atomic E-state index is 5.45. The summed E-state index contributed by atoms with van der Waals surface area (Å²) >= 11 is 2.09. The Balaban J connectivity index is 1.60. The predicted octanol–water partition coefficient (Wildman–Crippen LogP) is 2.29. The number of rotatable bonds is 7. The molecule has 2 rings (SSSR count). The molecule has 1 aliphatic heterocycles. The van der Waals surface area contributed by atoms with Gasteiger partial charge in [-0.25, -0.2) is 0 Å². The Kier molecular flexibility index (Phi) is 4.35. The van der Waals surface area contributed by atoms with Crippen LogP contribution in [0.1, 0.15) is 32.6 Å². The van der Waals surface area contributed by atoms with Gasteiger partial charge in [-0.3, -0.25) is 0 Å². The summed E-state index contributed by atoms with van der Waals surface area (Å²) in [7, 11) is 0. The predicted molar refractivity (Wildman–Crippen MR) is 66.5 cm³/mol. The van der Waals surface area contributed by atoms with E-state index in [1.165, 1.54) is 43.7 Å². The number of ether oxygens (including phenoxy) is 1. The highest BCUT2D eigenvalue weighted by atomic mass is 32.2. The minimum Gasteiger partial charge on any atom is -0.382 e. The van der Waals surface area contributed by atoms with Gasteiger partial charge in [-0.2, -0.15) is 11.8 Å². The van der Waals surface area contributed by atoms with Crippen molar-refractivity contribution in [1.82, 2.24) is 5.32 Å². The lowest BCUT2D eigenvalue weighted by atomic mass is 10.0. The highest BCUT2D eigenvalue weighted by Crippen LogP contribution is 2.48. The Hall–Kier alpha value is 0.270. The van der Waals surface area contributed by atoms with Gasteiger partial charge in [0.25, 0.3) is 0 Å². The first-order valence-electron chi connectivity index (χ1n) is 6.23. The average molecular weight is 229 g/mol. The van der Waals surface area contributed by atoms with Gasteiger partial charge in [0.15, 0.2) is 0 Å². The molecule has 15 heavy (non-hydrogen) atoms. The number of thioether (sulfide) groups is 1. The van der Waals surface area contributed by atoms with Gasteiger partial charge in [0.1, 0.15) is 0 Å². The van der Waals surface area contributed by atoms with Gasteiger partial charge in [0, 0.05) is 31.6 Å². The van der Waals surface area contributed by atoms with Crippen molar-refractivity contribution in [2.24, 2.45) is 5.41 Å². The topological polar surface area (TPSA) is 21.3 Å². The first kappa shape index (κ1) is 11.7. The van der Waals surface area contributed by atoms with Crippen molar-refractivity contribution in [3.8, 4) is 0 Å². The second-order valence-electron chi connectivity index (χ2n) is 4.89. The molecule has 0 aromatic carbocycles. The first-order valence-corrected chi connectivity index (χ1v) is 7.39. The van der Waals surface area contributed by atoms with Gasteiger partial charge < -0.3 is 10.1 Å². The minimum absolute atomic E-state index is 0.614. The van der Waals surface area contributed by atoms with Crippen LogP contribution < -0.4 is 5.32 Å². The maximum atomic E-state index is 5.45. The van der Waals surface area contributed by atoms with E-state index < -0.39 is 0 Å². The Labute approximate surface area is 97.5 Å². The van der Waals surface area contributed by atoms with Gasteiger partial charge in [0.2, 0.25) is 0 Å². The fraction of sp³-hybridized carbons (Fsp3) is 1.00. The van der Waals surface area contributed by atoms with E-state index in [9.17, 15) is 0 Å². The van der Waals surface area contributed by atoms with Gasteiger partial charge >= 0.3 is 0 Å². The lowest BCUT2D eigenvalue weighted by Crippen LogP contribution is -2.34. The molecule has 1 atom stereocenters. The summed E-state index contributed by atoms with van der Waals surface area (Å²) in [6.45, 7) is 5.12. The molecule has 1 unspecified atom stereocenters. The van der Waals surface area contributed by atoms with Crippen molar-refractivity contribution in [1.29, 1.82) is 0 Å². The van der Waals surface area contributed by atoms with Crippen molar-refractivity contribution < 1.29 is 4.74 Å². The highest BCUT2D eigenvalue weighted by molar-refractivity contribution is 7.99. The van der Waals surface area contributed by atoms with E-state index in [-0.39, 0.29) is 0 Å². The average Bonchev–Trinajstić information content (AvgIpc) is 2.82. The molecule has 0 radical (unpaired) electrons. The molecule has 2 nitrogen and oxygen atoms in total. The van der Waals surface area contributed by atoms with Gasteiger partial charge in [0.05, 0.1) is 0 Å². The standard InChI is InChI=1S/C12H23NOS/c1-2-14-7-6-12(4-5-12)10-13-11-3-8-15-9-11/h11,13H,2-10H2,1H3. The van der Waals surface area contributed by atoms with Crippen LogP contribution in [-0.4, -0.2) is 37.3 Å². The van der Waals surface area contributed by atoms with Crippen LogP contribution in [0.15, 0.2) is 0 Å². The first-order chi connectivity index (χ1) is 7.35. The molecule has 1 heterocycles. The molecule has 2 fully saturated rings.